The first-order valence-electron chi connectivity index (χ1n) is 7.44. The van der Waals surface area contributed by atoms with E-state index in [0.717, 1.165) is 25.3 Å². The summed E-state index contributed by atoms with van der Waals surface area (Å²) in [5.74, 6) is 1.20. The summed E-state index contributed by atoms with van der Waals surface area (Å²) in [5.41, 5.74) is 5.43. The summed E-state index contributed by atoms with van der Waals surface area (Å²) in [6.45, 7) is 3.36. The molecule has 0 spiro atoms. The molecule has 4 N–H and O–H groups in total. The fourth-order valence-electron chi connectivity index (χ4n) is 2.79. The summed E-state index contributed by atoms with van der Waals surface area (Å²) in [6.07, 6.45) is 11.2. The van der Waals surface area contributed by atoms with Gasteiger partial charge in [0.2, 0.25) is 0 Å². The second kappa shape index (κ2) is 9.20. The average Bonchev–Trinajstić information content (AvgIpc) is 2.66. The summed E-state index contributed by atoms with van der Waals surface area (Å²) in [5, 5.41) is 15.0. The van der Waals surface area contributed by atoms with Gasteiger partial charge in [0, 0.05) is 12.5 Å². The van der Waals surface area contributed by atoms with Gasteiger partial charge in [0.05, 0.1) is 0 Å². The highest BCUT2D eigenvalue weighted by Crippen LogP contribution is 2.25. The summed E-state index contributed by atoms with van der Waals surface area (Å²) in [4.78, 5) is 0. The Morgan fingerprint density at radius 3 is 2.56 bits per heavy atom. The first-order valence-corrected chi connectivity index (χ1v) is 7.44. The fourth-order valence-corrected chi connectivity index (χ4v) is 2.79. The fraction of sp³-hybridized carbons (Fsp3) is 0.929. The maximum atomic E-state index is 8.42. The molecule has 0 radical (unpaired) electrons. The van der Waals surface area contributed by atoms with E-state index in [2.05, 4.69) is 17.4 Å². The molecule has 106 valence electrons. The van der Waals surface area contributed by atoms with E-state index in [4.69, 9.17) is 10.9 Å². The van der Waals surface area contributed by atoms with Crippen LogP contribution in [0, 0.1) is 5.92 Å². The number of nitrogens with two attached hydrogens (primary N) is 1. The largest absolute Gasteiger partial charge is 0.409 e. The molecule has 0 aromatic carbocycles. The number of oxime groups is 1. The topological polar surface area (TPSA) is 70.6 Å². The highest BCUT2D eigenvalue weighted by atomic mass is 16.4. The quantitative estimate of drug-likeness (QED) is 0.164. The zero-order valence-electron chi connectivity index (χ0n) is 11.7. The molecule has 0 aliphatic heterocycles. The Morgan fingerprint density at radius 1 is 1.28 bits per heavy atom. The molecule has 0 amide bonds. The Bertz CT molecular complexity index is 235. The van der Waals surface area contributed by atoms with Crippen LogP contribution in [-0.4, -0.2) is 23.6 Å². The summed E-state index contributed by atoms with van der Waals surface area (Å²) < 4.78 is 0. The van der Waals surface area contributed by atoms with Crippen molar-refractivity contribution in [3.8, 4) is 0 Å². The Kier molecular flexibility index (Phi) is 7.81. The second-order valence-electron chi connectivity index (χ2n) is 5.54. The first kappa shape index (κ1) is 15.3. The molecule has 1 atom stereocenters. The third-order valence-corrected chi connectivity index (χ3v) is 4.06. The molecule has 1 saturated carbocycles. The van der Waals surface area contributed by atoms with Gasteiger partial charge in [-0.3, -0.25) is 0 Å². The van der Waals surface area contributed by atoms with Gasteiger partial charge in [-0.1, -0.05) is 30.8 Å². The van der Waals surface area contributed by atoms with Crippen LogP contribution in [0.5, 0.6) is 0 Å². The molecule has 0 unspecified atom stereocenters. The third-order valence-electron chi connectivity index (χ3n) is 4.06. The van der Waals surface area contributed by atoms with E-state index in [1.54, 1.807) is 0 Å². The van der Waals surface area contributed by atoms with E-state index in [1.807, 2.05) is 0 Å². The lowest BCUT2D eigenvalue weighted by molar-refractivity contribution is 0.316. The number of nitrogens with zero attached hydrogens (tertiary/aromatic N) is 1. The molecule has 4 nitrogen and oxygen atoms in total. The lowest BCUT2D eigenvalue weighted by Crippen LogP contribution is -2.34. The van der Waals surface area contributed by atoms with Crippen molar-refractivity contribution in [3.05, 3.63) is 0 Å². The van der Waals surface area contributed by atoms with Crippen LogP contribution in [-0.2, 0) is 0 Å². The monoisotopic (exact) mass is 255 g/mol. The van der Waals surface area contributed by atoms with Crippen molar-refractivity contribution in [1.29, 1.82) is 0 Å². The average molecular weight is 255 g/mol. The Labute approximate surface area is 111 Å². The highest BCUT2D eigenvalue weighted by molar-refractivity contribution is 5.79. The summed E-state index contributed by atoms with van der Waals surface area (Å²) in [7, 11) is 0. The van der Waals surface area contributed by atoms with Crippen molar-refractivity contribution in [2.24, 2.45) is 16.8 Å². The number of hydrogen-bond acceptors (Lipinski definition) is 3. The molecule has 0 bridgehead atoms. The van der Waals surface area contributed by atoms with Gasteiger partial charge in [-0.25, -0.2) is 0 Å². The van der Waals surface area contributed by atoms with Crippen LogP contribution in [0.2, 0.25) is 0 Å². The zero-order valence-corrected chi connectivity index (χ0v) is 11.7. The van der Waals surface area contributed by atoms with E-state index in [9.17, 15) is 0 Å². The van der Waals surface area contributed by atoms with E-state index < -0.39 is 0 Å². The Morgan fingerprint density at radius 2 is 1.94 bits per heavy atom. The summed E-state index contributed by atoms with van der Waals surface area (Å²) in [6, 6.07) is 0.631. The van der Waals surface area contributed by atoms with Crippen LogP contribution < -0.4 is 11.1 Å². The van der Waals surface area contributed by atoms with Gasteiger partial charge in [0.1, 0.15) is 5.84 Å². The van der Waals surface area contributed by atoms with Crippen molar-refractivity contribution in [2.45, 2.75) is 70.8 Å². The number of nitrogens with one attached hydrogen (secondary N) is 1. The third kappa shape index (κ3) is 6.24. The van der Waals surface area contributed by atoms with Gasteiger partial charge < -0.3 is 16.3 Å². The van der Waals surface area contributed by atoms with Gasteiger partial charge in [0.15, 0.2) is 0 Å². The normalized spacial score (nSPS) is 20.6. The van der Waals surface area contributed by atoms with Crippen LogP contribution in [0.1, 0.15) is 64.7 Å². The molecule has 0 aromatic rings. The van der Waals surface area contributed by atoms with Crippen LogP contribution in [0.25, 0.3) is 0 Å². The van der Waals surface area contributed by atoms with Crippen LogP contribution in [0.3, 0.4) is 0 Å². The van der Waals surface area contributed by atoms with E-state index >= 15 is 0 Å². The van der Waals surface area contributed by atoms with Gasteiger partial charge in [-0.05, 0) is 45.1 Å². The van der Waals surface area contributed by atoms with Crippen molar-refractivity contribution >= 4 is 5.84 Å². The molecule has 0 saturated heterocycles. The minimum Gasteiger partial charge on any atom is -0.409 e. The number of unbranched alkanes of at least 4 members (excludes halogenated alkanes) is 1. The van der Waals surface area contributed by atoms with Crippen LogP contribution >= 0.6 is 0 Å². The molecular weight excluding hydrogens is 226 g/mol. The molecule has 18 heavy (non-hydrogen) atoms. The van der Waals surface area contributed by atoms with E-state index in [1.165, 1.54) is 38.5 Å². The van der Waals surface area contributed by atoms with E-state index in [0.29, 0.717) is 18.3 Å². The minimum absolute atomic E-state index is 0.340. The SMILES string of the molecule is C[C@H](NCCCCC(N)=NO)C1CCCCCC1. The van der Waals surface area contributed by atoms with Crippen LogP contribution in [0.4, 0.5) is 0 Å². The molecule has 1 aliphatic rings. The van der Waals surface area contributed by atoms with Gasteiger partial charge in [-0.15, -0.1) is 0 Å². The first-order chi connectivity index (χ1) is 8.74. The number of amidine groups is 1. The van der Waals surface area contributed by atoms with Crippen molar-refractivity contribution in [1.82, 2.24) is 5.32 Å². The predicted octanol–water partition coefficient (Wildman–Crippen LogP) is 2.85. The maximum Gasteiger partial charge on any atom is 0.139 e. The molecular formula is C14H29N3O. The summed E-state index contributed by atoms with van der Waals surface area (Å²) >= 11 is 0. The molecule has 1 aliphatic carbocycles. The molecule has 0 aromatic heterocycles. The van der Waals surface area contributed by atoms with E-state index in [-0.39, 0.29) is 0 Å². The standard InChI is InChI=1S/C14H29N3O/c1-12(13-8-4-2-3-5-9-13)16-11-7-6-10-14(15)17-18/h12-13,16,18H,2-11H2,1H3,(H2,15,17)/t12-/m0/s1. The van der Waals surface area contributed by atoms with Crippen molar-refractivity contribution in [2.75, 3.05) is 6.54 Å². The number of rotatable bonds is 7. The lowest BCUT2D eigenvalue weighted by Gasteiger charge is -2.23. The highest BCUT2D eigenvalue weighted by Gasteiger charge is 2.18. The predicted molar refractivity (Wildman–Crippen MR) is 75.9 cm³/mol. The van der Waals surface area contributed by atoms with Gasteiger partial charge in [-0.2, -0.15) is 0 Å². The molecule has 4 heteroatoms. The number of hydrogen-bond donors (Lipinski definition) is 3. The Balaban J connectivity index is 2.06. The molecule has 1 rings (SSSR count). The van der Waals surface area contributed by atoms with Crippen molar-refractivity contribution < 1.29 is 5.21 Å². The smallest absolute Gasteiger partial charge is 0.139 e. The lowest BCUT2D eigenvalue weighted by atomic mass is 9.93. The minimum atomic E-state index is 0.340. The second-order valence-corrected chi connectivity index (χ2v) is 5.54. The molecule has 0 heterocycles. The van der Waals surface area contributed by atoms with Crippen LogP contribution in [0.15, 0.2) is 5.16 Å². The van der Waals surface area contributed by atoms with Gasteiger partial charge in [0.25, 0.3) is 0 Å². The van der Waals surface area contributed by atoms with Gasteiger partial charge >= 0.3 is 0 Å². The maximum absolute atomic E-state index is 8.42. The molecule has 1 fully saturated rings. The van der Waals surface area contributed by atoms with Crippen molar-refractivity contribution in [3.63, 3.8) is 0 Å². The Hall–Kier alpha value is -0.770. The zero-order chi connectivity index (χ0) is 13.2.